The van der Waals surface area contributed by atoms with Crippen molar-refractivity contribution in [1.29, 1.82) is 0 Å². The second kappa shape index (κ2) is 4.73. The number of rotatable bonds is 1. The fraction of sp³-hybridized carbons (Fsp3) is 0.0833. The van der Waals surface area contributed by atoms with Gasteiger partial charge in [0.15, 0.2) is 0 Å². The van der Waals surface area contributed by atoms with Crippen molar-refractivity contribution in [2.75, 3.05) is 0 Å². The third-order valence-corrected chi connectivity index (χ3v) is 3.48. The normalized spacial score (nSPS) is 10.6. The molecule has 1 N–H and O–H groups in total. The molecule has 0 aliphatic rings. The number of aryl methyl sites for hydroxylation is 1. The summed E-state index contributed by atoms with van der Waals surface area (Å²) < 4.78 is 0. The Kier molecular flexibility index (Phi) is 3.48. The molecule has 1 aromatic carbocycles. The second-order valence-electron chi connectivity index (χ2n) is 3.61. The number of pyridine rings is 1. The molecule has 0 saturated carbocycles. The van der Waals surface area contributed by atoms with E-state index >= 15 is 0 Å². The van der Waals surface area contributed by atoms with Crippen molar-refractivity contribution in [1.82, 2.24) is 4.98 Å². The first kappa shape index (κ1) is 12.5. The van der Waals surface area contributed by atoms with Gasteiger partial charge in [0.05, 0.1) is 20.6 Å². The lowest BCUT2D eigenvalue weighted by Crippen LogP contribution is -2.09. The zero-order valence-electron chi connectivity index (χ0n) is 8.85. The minimum Gasteiger partial charge on any atom is -0.329 e. The largest absolute Gasteiger partial charge is 0.329 e. The monoisotopic (exact) mass is 287 g/mol. The Morgan fingerprint density at radius 3 is 2.35 bits per heavy atom. The van der Waals surface area contributed by atoms with Crippen LogP contribution in [0.4, 0.5) is 0 Å². The summed E-state index contributed by atoms with van der Waals surface area (Å²) in [4.78, 5) is 14.4. The van der Waals surface area contributed by atoms with Gasteiger partial charge in [0.2, 0.25) is 0 Å². The highest BCUT2D eigenvalue weighted by atomic mass is 35.5. The Labute approximate surface area is 113 Å². The van der Waals surface area contributed by atoms with E-state index in [1.165, 1.54) is 6.07 Å². The Bertz CT molecular complexity index is 634. The van der Waals surface area contributed by atoms with E-state index in [-0.39, 0.29) is 5.56 Å². The summed E-state index contributed by atoms with van der Waals surface area (Å²) in [6.07, 6.45) is 1.59. The molecule has 0 bridgehead atoms. The average molecular weight is 289 g/mol. The maximum atomic E-state index is 11.8. The van der Waals surface area contributed by atoms with Crippen LogP contribution >= 0.6 is 34.8 Å². The van der Waals surface area contributed by atoms with Gasteiger partial charge in [-0.05, 0) is 30.7 Å². The van der Waals surface area contributed by atoms with Gasteiger partial charge in [-0.1, -0.05) is 34.8 Å². The van der Waals surface area contributed by atoms with Crippen LogP contribution in [0, 0.1) is 6.92 Å². The molecular weight excluding hydrogens is 280 g/mol. The molecule has 0 aliphatic heterocycles. The Morgan fingerprint density at radius 2 is 1.71 bits per heavy atom. The number of halogens is 3. The van der Waals surface area contributed by atoms with E-state index in [1.807, 2.05) is 6.92 Å². The fourth-order valence-electron chi connectivity index (χ4n) is 1.63. The molecular formula is C12H8Cl3NO. The molecule has 2 aromatic rings. The van der Waals surface area contributed by atoms with Gasteiger partial charge in [-0.15, -0.1) is 0 Å². The van der Waals surface area contributed by atoms with E-state index in [0.717, 1.165) is 5.56 Å². The minimum atomic E-state index is -0.203. The van der Waals surface area contributed by atoms with Gasteiger partial charge in [0, 0.05) is 11.8 Å². The second-order valence-corrected chi connectivity index (χ2v) is 4.83. The molecule has 0 atom stereocenters. The molecule has 1 heterocycles. The van der Waals surface area contributed by atoms with Crippen molar-refractivity contribution >= 4 is 34.8 Å². The summed E-state index contributed by atoms with van der Waals surface area (Å²) >= 11 is 17.9. The fourth-order valence-corrected chi connectivity index (χ4v) is 2.27. The van der Waals surface area contributed by atoms with Crippen LogP contribution in [0.25, 0.3) is 11.1 Å². The first-order valence-corrected chi connectivity index (χ1v) is 5.97. The topological polar surface area (TPSA) is 32.9 Å². The molecule has 0 unspecified atom stereocenters. The first-order valence-electron chi connectivity index (χ1n) is 4.84. The third kappa shape index (κ3) is 2.34. The van der Waals surface area contributed by atoms with E-state index in [1.54, 1.807) is 18.3 Å². The number of H-pyrrole nitrogens is 1. The van der Waals surface area contributed by atoms with Gasteiger partial charge in [-0.25, -0.2) is 0 Å². The van der Waals surface area contributed by atoms with Crippen LogP contribution in [0.1, 0.15) is 5.56 Å². The number of aromatic nitrogens is 1. The molecule has 0 amide bonds. The minimum absolute atomic E-state index is 0.203. The van der Waals surface area contributed by atoms with Crippen LogP contribution in [-0.2, 0) is 0 Å². The van der Waals surface area contributed by atoms with Gasteiger partial charge < -0.3 is 4.98 Å². The number of hydrogen-bond acceptors (Lipinski definition) is 1. The lowest BCUT2D eigenvalue weighted by molar-refractivity contribution is 1.21. The van der Waals surface area contributed by atoms with Gasteiger partial charge in [-0.2, -0.15) is 0 Å². The lowest BCUT2D eigenvalue weighted by atomic mass is 10.0. The summed E-state index contributed by atoms with van der Waals surface area (Å²) in [7, 11) is 0. The Balaban J connectivity index is 2.78. The molecule has 2 rings (SSSR count). The molecule has 0 spiro atoms. The van der Waals surface area contributed by atoms with Crippen molar-refractivity contribution < 1.29 is 0 Å². The summed E-state index contributed by atoms with van der Waals surface area (Å²) in [5.41, 5.74) is 1.72. The summed E-state index contributed by atoms with van der Waals surface area (Å²) in [6.45, 7) is 1.84. The van der Waals surface area contributed by atoms with E-state index in [0.29, 0.717) is 26.2 Å². The van der Waals surface area contributed by atoms with Crippen LogP contribution in [-0.4, -0.2) is 4.98 Å². The highest BCUT2D eigenvalue weighted by Gasteiger charge is 2.13. The van der Waals surface area contributed by atoms with Crippen LogP contribution < -0.4 is 5.56 Å². The quantitative estimate of drug-likeness (QED) is 0.779. The first-order chi connectivity index (χ1) is 8.00. The molecule has 88 valence electrons. The van der Waals surface area contributed by atoms with Crippen molar-refractivity contribution in [3.8, 4) is 11.1 Å². The van der Waals surface area contributed by atoms with Crippen molar-refractivity contribution in [3.05, 3.63) is 55.4 Å². The van der Waals surface area contributed by atoms with Crippen LogP contribution in [0.2, 0.25) is 15.1 Å². The van der Waals surface area contributed by atoms with Crippen LogP contribution in [0.5, 0.6) is 0 Å². The Hall–Kier alpha value is -0.960. The number of nitrogens with one attached hydrogen (secondary N) is 1. The predicted molar refractivity (Wildman–Crippen MR) is 72.3 cm³/mol. The van der Waals surface area contributed by atoms with Gasteiger partial charge in [0.25, 0.3) is 5.56 Å². The molecule has 5 heteroatoms. The maximum Gasteiger partial charge on any atom is 0.256 e. The van der Waals surface area contributed by atoms with E-state index in [9.17, 15) is 4.79 Å². The standard InChI is InChI=1S/C12H8Cl3NO/c1-6-2-3-16-12(17)11(6)7-4-9(14)10(15)5-8(7)13/h2-5H,1H3,(H,16,17). The summed E-state index contributed by atoms with van der Waals surface area (Å²) in [5, 5.41) is 1.14. The van der Waals surface area contributed by atoms with Crippen molar-refractivity contribution in [2.45, 2.75) is 6.92 Å². The van der Waals surface area contributed by atoms with Crippen molar-refractivity contribution in [3.63, 3.8) is 0 Å². The lowest BCUT2D eigenvalue weighted by Gasteiger charge is -2.08. The van der Waals surface area contributed by atoms with Crippen molar-refractivity contribution in [2.24, 2.45) is 0 Å². The van der Waals surface area contributed by atoms with Gasteiger partial charge in [0.1, 0.15) is 0 Å². The number of benzene rings is 1. The highest BCUT2D eigenvalue weighted by Crippen LogP contribution is 2.34. The number of hydrogen-bond donors (Lipinski definition) is 1. The molecule has 17 heavy (non-hydrogen) atoms. The van der Waals surface area contributed by atoms with Gasteiger partial charge >= 0.3 is 0 Å². The smallest absolute Gasteiger partial charge is 0.256 e. The van der Waals surface area contributed by atoms with Crippen LogP contribution in [0.15, 0.2) is 29.2 Å². The predicted octanol–water partition coefficient (Wildman–Crippen LogP) is 4.31. The molecule has 2 nitrogen and oxygen atoms in total. The summed E-state index contributed by atoms with van der Waals surface area (Å²) in [6, 6.07) is 4.94. The summed E-state index contributed by atoms with van der Waals surface area (Å²) in [5.74, 6) is 0. The third-order valence-electron chi connectivity index (χ3n) is 2.45. The zero-order chi connectivity index (χ0) is 12.6. The molecule has 0 aliphatic carbocycles. The Morgan fingerprint density at radius 1 is 1.06 bits per heavy atom. The highest BCUT2D eigenvalue weighted by molar-refractivity contribution is 6.44. The average Bonchev–Trinajstić information content (AvgIpc) is 2.25. The van der Waals surface area contributed by atoms with Crippen LogP contribution in [0.3, 0.4) is 0 Å². The van der Waals surface area contributed by atoms with E-state index in [4.69, 9.17) is 34.8 Å². The molecule has 1 aromatic heterocycles. The SMILES string of the molecule is Cc1cc[nH]c(=O)c1-c1cc(Cl)c(Cl)cc1Cl. The van der Waals surface area contributed by atoms with E-state index in [2.05, 4.69) is 4.98 Å². The number of aromatic amines is 1. The van der Waals surface area contributed by atoms with Gasteiger partial charge in [-0.3, -0.25) is 4.79 Å². The zero-order valence-corrected chi connectivity index (χ0v) is 11.1. The molecule has 0 saturated heterocycles. The maximum absolute atomic E-state index is 11.8. The molecule has 0 fully saturated rings. The molecule has 0 radical (unpaired) electrons. The van der Waals surface area contributed by atoms with E-state index < -0.39 is 0 Å².